The molecule has 1 aromatic rings. The van der Waals surface area contributed by atoms with Crippen molar-refractivity contribution in [2.75, 3.05) is 0 Å². The van der Waals surface area contributed by atoms with Crippen molar-refractivity contribution in [2.24, 2.45) is 5.92 Å². The summed E-state index contributed by atoms with van der Waals surface area (Å²) in [4.78, 5) is 0. The van der Waals surface area contributed by atoms with Crippen LogP contribution in [0.1, 0.15) is 68.9 Å². The van der Waals surface area contributed by atoms with Gasteiger partial charge < -0.3 is 0 Å². The van der Waals surface area contributed by atoms with E-state index in [2.05, 4.69) is 25.1 Å². The van der Waals surface area contributed by atoms with E-state index in [1.165, 1.54) is 50.5 Å². The first kappa shape index (κ1) is 13.1. The summed E-state index contributed by atoms with van der Waals surface area (Å²) in [6.45, 7) is 2.27. The number of unbranched alkanes of at least 4 members (excludes halogenated alkanes) is 1. The van der Waals surface area contributed by atoms with Crippen LogP contribution in [-0.2, 0) is 0 Å². The molecule has 18 heavy (non-hydrogen) atoms. The highest BCUT2D eigenvalue weighted by atomic mass is 14.3. The van der Waals surface area contributed by atoms with E-state index in [0.717, 1.165) is 11.5 Å². The molecule has 0 spiro atoms. The van der Waals surface area contributed by atoms with Crippen LogP contribution in [0.4, 0.5) is 0 Å². The molecule has 1 aliphatic carbocycles. The molecule has 1 aromatic carbocycles. The standard InChI is InChI=1S/C17H23N/c1-2-3-6-14-9-11-15(12-10-14)17-8-5-4-7-16(17)13-18/h4-5,7-8,14-15H,2-3,6,9-12H2,1H3. The summed E-state index contributed by atoms with van der Waals surface area (Å²) in [5.74, 6) is 1.56. The van der Waals surface area contributed by atoms with Gasteiger partial charge in [0.2, 0.25) is 0 Å². The fourth-order valence-electron chi connectivity index (χ4n) is 3.21. The molecule has 0 saturated heterocycles. The highest BCUT2D eigenvalue weighted by molar-refractivity contribution is 5.39. The van der Waals surface area contributed by atoms with Gasteiger partial charge in [0, 0.05) is 0 Å². The number of hydrogen-bond acceptors (Lipinski definition) is 1. The molecule has 1 heteroatoms. The van der Waals surface area contributed by atoms with E-state index in [4.69, 9.17) is 5.26 Å². The lowest BCUT2D eigenvalue weighted by Gasteiger charge is -2.29. The molecule has 0 aromatic heterocycles. The van der Waals surface area contributed by atoms with Crippen LogP contribution in [0.2, 0.25) is 0 Å². The maximum absolute atomic E-state index is 9.17. The molecule has 2 rings (SSSR count). The predicted molar refractivity (Wildman–Crippen MR) is 75.4 cm³/mol. The molecule has 1 nitrogen and oxygen atoms in total. The first-order valence-electron chi connectivity index (χ1n) is 7.34. The van der Waals surface area contributed by atoms with Crippen molar-refractivity contribution < 1.29 is 0 Å². The van der Waals surface area contributed by atoms with Gasteiger partial charge in [0.05, 0.1) is 11.6 Å². The molecule has 0 atom stereocenters. The molecule has 0 bridgehead atoms. The van der Waals surface area contributed by atoms with Gasteiger partial charge in [0.25, 0.3) is 0 Å². The van der Waals surface area contributed by atoms with Gasteiger partial charge in [-0.2, -0.15) is 5.26 Å². The van der Waals surface area contributed by atoms with Crippen LogP contribution in [0.5, 0.6) is 0 Å². The Bertz CT molecular complexity index is 408. The molecule has 1 saturated carbocycles. The largest absolute Gasteiger partial charge is 0.192 e. The van der Waals surface area contributed by atoms with Gasteiger partial charge in [-0.1, -0.05) is 44.4 Å². The average Bonchev–Trinajstić information content (AvgIpc) is 2.45. The first-order valence-corrected chi connectivity index (χ1v) is 7.34. The molecule has 0 amide bonds. The molecule has 1 aliphatic rings. The smallest absolute Gasteiger partial charge is 0.0994 e. The van der Waals surface area contributed by atoms with Crippen LogP contribution in [0, 0.1) is 17.2 Å². The van der Waals surface area contributed by atoms with E-state index in [-0.39, 0.29) is 0 Å². The van der Waals surface area contributed by atoms with Crippen molar-refractivity contribution in [1.82, 2.24) is 0 Å². The lowest BCUT2D eigenvalue weighted by atomic mass is 9.76. The summed E-state index contributed by atoms with van der Waals surface area (Å²) in [7, 11) is 0. The topological polar surface area (TPSA) is 23.8 Å². The molecular formula is C17H23N. The monoisotopic (exact) mass is 241 g/mol. The molecule has 0 radical (unpaired) electrons. The highest BCUT2D eigenvalue weighted by Crippen LogP contribution is 2.38. The van der Waals surface area contributed by atoms with E-state index in [0.29, 0.717) is 5.92 Å². The maximum Gasteiger partial charge on any atom is 0.0994 e. The van der Waals surface area contributed by atoms with Crippen LogP contribution in [0.3, 0.4) is 0 Å². The minimum Gasteiger partial charge on any atom is -0.192 e. The lowest BCUT2D eigenvalue weighted by molar-refractivity contribution is 0.304. The molecule has 96 valence electrons. The van der Waals surface area contributed by atoms with Crippen molar-refractivity contribution in [1.29, 1.82) is 5.26 Å². The second kappa shape index (κ2) is 6.59. The van der Waals surface area contributed by atoms with Crippen molar-refractivity contribution in [3.05, 3.63) is 35.4 Å². The van der Waals surface area contributed by atoms with Crippen LogP contribution < -0.4 is 0 Å². The first-order chi connectivity index (χ1) is 8.85. The predicted octanol–water partition coefficient (Wildman–Crippen LogP) is 5.02. The zero-order valence-corrected chi connectivity index (χ0v) is 11.4. The Morgan fingerprint density at radius 1 is 1.17 bits per heavy atom. The van der Waals surface area contributed by atoms with Gasteiger partial charge >= 0.3 is 0 Å². The fourth-order valence-corrected chi connectivity index (χ4v) is 3.21. The zero-order valence-electron chi connectivity index (χ0n) is 11.4. The number of nitriles is 1. The summed E-state index contributed by atoms with van der Waals surface area (Å²) in [5.41, 5.74) is 2.17. The third kappa shape index (κ3) is 3.13. The Kier molecular flexibility index (Phi) is 4.81. The van der Waals surface area contributed by atoms with E-state index < -0.39 is 0 Å². The number of hydrogen-bond donors (Lipinski definition) is 0. The highest BCUT2D eigenvalue weighted by Gasteiger charge is 2.23. The Hall–Kier alpha value is -1.29. The van der Waals surface area contributed by atoms with Crippen molar-refractivity contribution in [3.63, 3.8) is 0 Å². The Morgan fingerprint density at radius 2 is 1.89 bits per heavy atom. The number of benzene rings is 1. The number of nitrogens with zero attached hydrogens (tertiary/aromatic N) is 1. The summed E-state index contributed by atoms with van der Waals surface area (Å²) in [6, 6.07) is 10.5. The minimum absolute atomic E-state index is 0.624. The number of rotatable bonds is 4. The molecule has 0 aliphatic heterocycles. The van der Waals surface area contributed by atoms with E-state index >= 15 is 0 Å². The van der Waals surface area contributed by atoms with Crippen LogP contribution in [0.15, 0.2) is 24.3 Å². The Labute approximate surface area is 111 Å². The summed E-state index contributed by atoms with van der Waals surface area (Å²) >= 11 is 0. The van der Waals surface area contributed by atoms with Gasteiger partial charge in [0.15, 0.2) is 0 Å². The fraction of sp³-hybridized carbons (Fsp3) is 0.588. The lowest BCUT2D eigenvalue weighted by Crippen LogP contribution is -2.14. The SMILES string of the molecule is CCCCC1CCC(c2ccccc2C#N)CC1. The van der Waals surface area contributed by atoms with Crippen molar-refractivity contribution in [3.8, 4) is 6.07 Å². The molecule has 0 N–H and O–H groups in total. The maximum atomic E-state index is 9.17. The van der Waals surface area contributed by atoms with E-state index in [1.54, 1.807) is 0 Å². The minimum atomic E-state index is 0.624. The second-order valence-corrected chi connectivity index (χ2v) is 5.56. The van der Waals surface area contributed by atoms with Gasteiger partial charge in [-0.05, 0) is 49.1 Å². The van der Waals surface area contributed by atoms with Gasteiger partial charge in [-0.25, -0.2) is 0 Å². The Morgan fingerprint density at radius 3 is 2.56 bits per heavy atom. The molecule has 0 unspecified atom stereocenters. The molecule has 0 heterocycles. The van der Waals surface area contributed by atoms with Crippen LogP contribution in [0.25, 0.3) is 0 Å². The third-order valence-electron chi connectivity index (χ3n) is 4.33. The van der Waals surface area contributed by atoms with Crippen LogP contribution in [-0.4, -0.2) is 0 Å². The van der Waals surface area contributed by atoms with Crippen molar-refractivity contribution in [2.45, 2.75) is 57.8 Å². The van der Waals surface area contributed by atoms with E-state index in [1.807, 2.05) is 12.1 Å². The van der Waals surface area contributed by atoms with Crippen molar-refractivity contribution >= 4 is 0 Å². The molecular weight excluding hydrogens is 218 g/mol. The third-order valence-corrected chi connectivity index (χ3v) is 4.33. The quantitative estimate of drug-likeness (QED) is 0.726. The van der Waals surface area contributed by atoms with Gasteiger partial charge in [0.1, 0.15) is 0 Å². The Balaban J connectivity index is 1.95. The summed E-state index contributed by atoms with van der Waals surface area (Å²) < 4.78 is 0. The zero-order chi connectivity index (χ0) is 12.8. The second-order valence-electron chi connectivity index (χ2n) is 5.56. The summed E-state index contributed by atoms with van der Waals surface area (Å²) in [6.07, 6.45) is 9.35. The summed E-state index contributed by atoms with van der Waals surface area (Å²) in [5, 5.41) is 9.17. The van der Waals surface area contributed by atoms with Gasteiger partial charge in [-0.15, -0.1) is 0 Å². The normalized spacial score (nSPS) is 23.6. The van der Waals surface area contributed by atoms with E-state index in [9.17, 15) is 0 Å². The molecule has 1 fully saturated rings. The van der Waals surface area contributed by atoms with Gasteiger partial charge in [-0.3, -0.25) is 0 Å². The van der Waals surface area contributed by atoms with Crippen LogP contribution >= 0.6 is 0 Å². The average molecular weight is 241 g/mol.